The number of ether oxygens (including phenoxy) is 1. The highest BCUT2D eigenvalue weighted by molar-refractivity contribution is 6.50. The van der Waals surface area contributed by atoms with Gasteiger partial charge in [-0.1, -0.05) is 22.4 Å². The fourth-order valence-electron chi connectivity index (χ4n) is 2.67. The van der Waals surface area contributed by atoms with Crippen LogP contribution < -0.4 is 4.68 Å². The second-order valence-electron chi connectivity index (χ2n) is 5.46. The van der Waals surface area contributed by atoms with E-state index in [1.165, 1.54) is 22.4 Å². The molecule has 0 N–H and O–H groups in total. The van der Waals surface area contributed by atoms with E-state index < -0.39 is 7.25 Å². The molecule has 0 saturated carbocycles. The fraction of sp³-hybridized carbons (Fsp3) is 0.429. The Hall–Kier alpha value is -1.90. The van der Waals surface area contributed by atoms with Gasteiger partial charge < -0.3 is 22.0 Å². The largest absolute Gasteiger partial charge is 0.673 e. The van der Waals surface area contributed by atoms with Crippen LogP contribution in [0.3, 0.4) is 0 Å². The molecule has 1 aliphatic rings. The van der Waals surface area contributed by atoms with Crippen LogP contribution in [-0.2, 0) is 17.9 Å². The highest BCUT2D eigenvalue weighted by atomic mass is 19.5. The topological polar surface area (TPSA) is 30.9 Å². The van der Waals surface area contributed by atoms with E-state index in [2.05, 4.69) is 48.9 Å². The van der Waals surface area contributed by atoms with E-state index >= 15 is 0 Å². The summed E-state index contributed by atoms with van der Waals surface area (Å²) in [6, 6.07) is 4.40. The average Bonchev–Trinajstić information content (AvgIpc) is 2.78. The maximum atomic E-state index is 9.75. The Morgan fingerprint density at radius 3 is 2.22 bits per heavy atom. The quantitative estimate of drug-likeness (QED) is 0.457. The minimum Gasteiger partial charge on any atom is -0.418 e. The van der Waals surface area contributed by atoms with Gasteiger partial charge in [0.1, 0.15) is 13.2 Å². The number of fused-ring (bicyclic) bond motifs is 1. The van der Waals surface area contributed by atoms with Gasteiger partial charge in [-0.3, -0.25) is 0 Å². The second kappa shape index (κ2) is 6.70. The van der Waals surface area contributed by atoms with Crippen LogP contribution >= 0.6 is 0 Å². The first-order valence-corrected chi connectivity index (χ1v) is 7.16. The molecule has 0 bridgehead atoms. The number of nitrogens with zero attached hydrogens (tertiary/aromatic N) is 3. The molecule has 0 saturated heterocycles. The lowest BCUT2D eigenvalue weighted by molar-refractivity contribution is -0.658. The number of hydrogen-bond acceptors (Lipinski definition) is 2. The lowest BCUT2D eigenvalue weighted by Gasteiger charge is -2.06. The van der Waals surface area contributed by atoms with Crippen molar-refractivity contribution in [3.05, 3.63) is 41.0 Å². The number of rotatable bonds is 1. The van der Waals surface area contributed by atoms with E-state index in [9.17, 15) is 17.3 Å². The smallest absolute Gasteiger partial charge is 0.418 e. The Labute approximate surface area is 131 Å². The highest BCUT2D eigenvalue weighted by Crippen LogP contribution is 2.16. The fourth-order valence-corrected chi connectivity index (χ4v) is 2.67. The van der Waals surface area contributed by atoms with Gasteiger partial charge in [0, 0.05) is 0 Å². The van der Waals surface area contributed by atoms with Crippen molar-refractivity contribution in [3.63, 3.8) is 0 Å². The van der Waals surface area contributed by atoms with Gasteiger partial charge in [-0.05, 0) is 37.0 Å². The predicted molar refractivity (Wildman–Crippen MR) is 77.8 cm³/mol. The monoisotopic (exact) mass is 331 g/mol. The molecule has 0 aliphatic carbocycles. The molecule has 0 radical (unpaired) electrons. The van der Waals surface area contributed by atoms with Gasteiger partial charge in [0.25, 0.3) is 12.2 Å². The molecule has 1 aromatic heterocycles. The molecule has 2 aromatic rings. The maximum absolute atomic E-state index is 9.75. The molecule has 4 nitrogen and oxygen atoms in total. The van der Waals surface area contributed by atoms with Crippen LogP contribution in [0.25, 0.3) is 5.69 Å². The number of aryl methyl sites for hydroxylation is 3. The average molecular weight is 331 g/mol. The van der Waals surface area contributed by atoms with Crippen molar-refractivity contribution < 1.29 is 26.7 Å². The Morgan fingerprint density at radius 2 is 1.70 bits per heavy atom. The number of hydrogen-bond donors (Lipinski definition) is 0. The molecule has 3 rings (SSSR count). The zero-order valence-electron chi connectivity index (χ0n) is 13.2. The summed E-state index contributed by atoms with van der Waals surface area (Å²) < 4.78 is 48.6. The van der Waals surface area contributed by atoms with Crippen LogP contribution in [-0.4, -0.2) is 23.5 Å². The zero-order valence-corrected chi connectivity index (χ0v) is 13.2. The summed E-state index contributed by atoms with van der Waals surface area (Å²) in [7, 11) is -6.00. The van der Waals surface area contributed by atoms with Crippen LogP contribution in [0.15, 0.2) is 18.5 Å². The van der Waals surface area contributed by atoms with E-state index in [4.69, 9.17) is 4.74 Å². The van der Waals surface area contributed by atoms with Crippen molar-refractivity contribution in [2.75, 3.05) is 6.61 Å². The van der Waals surface area contributed by atoms with Crippen molar-refractivity contribution >= 4 is 7.25 Å². The zero-order chi connectivity index (χ0) is 17.2. The first-order chi connectivity index (χ1) is 10.6. The van der Waals surface area contributed by atoms with Crippen molar-refractivity contribution in [3.8, 4) is 5.69 Å². The molecule has 0 fully saturated rings. The van der Waals surface area contributed by atoms with E-state index in [1.54, 1.807) is 0 Å². The Kier molecular flexibility index (Phi) is 5.08. The van der Waals surface area contributed by atoms with Crippen LogP contribution in [0.2, 0.25) is 0 Å². The summed E-state index contributed by atoms with van der Waals surface area (Å²) in [5.41, 5.74) is 4.99. The lowest BCUT2D eigenvalue weighted by atomic mass is 10.1. The molecule has 0 amide bonds. The van der Waals surface area contributed by atoms with E-state index in [0.717, 1.165) is 19.0 Å². The molecular formula is C14H18BF4N3O. The molecule has 9 heteroatoms. The summed E-state index contributed by atoms with van der Waals surface area (Å²) in [5.74, 6) is 1.00. The van der Waals surface area contributed by atoms with E-state index in [-0.39, 0.29) is 0 Å². The third-order valence-corrected chi connectivity index (χ3v) is 3.38. The van der Waals surface area contributed by atoms with Crippen molar-refractivity contribution in [1.82, 2.24) is 9.67 Å². The molecule has 126 valence electrons. The van der Waals surface area contributed by atoms with E-state index in [1.807, 2.05) is 4.68 Å². The van der Waals surface area contributed by atoms with Crippen molar-refractivity contribution in [2.24, 2.45) is 0 Å². The molecule has 2 heterocycles. The minimum absolute atomic E-state index is 0.608. The Balaban J connectivity index is 0.000000338. The van der Waals surface area contributed by atoms with Crippen LogP contribution in [0.5, 0.6) is 0 Å². The maximum Gasteiger partial charge on any atom is 0.673 e. The summed E-state index contributed by atoms with van der Waals surface area (Å²) in [4.78, 5) is 0. The van der Waals surface area contributed by atoms with Crippen LogP contribution in [0, 0.1) is 20.8 Å². The molecule has 23 heavy (non-hydrogen) atoms. The molecule has 0 spiro atoms. The summed E-state index contributed by atoms with van der Waals surface area (Å²) in [5, 5.41) is 4.63. The standard InChI is InChI=1S/C14H18N3O.BF4/c1-10-6-11(2)14(12(3)7-10)17-9-16-4-5-18-8-13(16)15-17;2-1(3,4)5/h6-7,9H,4-5,8H2,1-3H3;/q+1;-1. The molecule has 1 aromatic carbocycles. The van der Waals surface area contributed by atoms with Gasteiger partial charge in [-0.15, -0.1) is 0 Å². The van der Waals surface area contributed by atoms with E-state index in [0.29, 0.717) is 6.61 Å². The molecule has 0 atom stereocenters. The number of aromatic nitrogens is 3. The Morgan fingerprint density at radius 1 is 1.13 bits per heavy atom. The Bertz CT molecular complexity index is 647. The van der Waals surface area contributed by atoms with Gasteiger partial charge in [-0.25, -0.2) is 4.57 Å². The van der Waals surface area contributed by atoms with Crippen LogP contribution in [0.4, 0.5) is 17.3 Å². The number of benzene rings is 1. The molecule has 0 unspecified atom stereocenters. The van der Waals surface area contributed by atoms with Crippen molar-refractivity contribution in [1.29, 1.82) is 0 Å². The molecular weight excluding hydrogens is 313 g/mol. The van der Waals surface area contributed by atoms with Crippen LogP contribution in [0.1, 0.15) is 22.5 Å². The van der Waals surface area contributed by atoms with Gasteiger partial charge in [0.2, 0.25) is 0 Å². The highest BCUT2D eigenvalue weighted by Gasteiger charge is 2.22. The SMILES string of the molecule is Cc1cc(C)c(-[n+]2cn3c(n2)COCC3)c(C)c1.F[B-](F)(F)F. The summed E-state index contributed by atoms with van der Waals surface area (Å²) >= 11 is 0. The molecule has 1 aliphatic heterocycles. The van der Waals surface area contributed by atoms with Gasteiger partial charge >= 0.3 is 7.25 Å². The van der Waals surface area contributed by atoms with Gasteiger partial charge in [0.05, 0.1) is 6.61 Å². The first kappa shape index (κ1) is 17.5. The predicted octanol–water partition coefficient (Wildman–Crippen LogP) is 2.92. The second-order valence-corrected chi connectivity index (χ2v) is 5.46. The number of halogens is 4. The first-order valence-electron chi connectivity index (χ1n) is 7.16. The van der Waals surface area contributed by atoms with Crippen molar-refractivity contribution in [2.45, 2.75) is 33.9 Å². The summed E-state index contributed by atoms with van der Waals surface area (Å²) in [6.07, 6.45) is 2.07. The lowest BCUT2D eigenvalue weighted by Crippen LogP contribution is -2.34. The van der Waals surface area contributed by atoms with Gasteiger partial charge in [0.15, 0.2) is 5.69 Å². The minimum atomic E-state index is -6.00. The third kappa shape index (κ3) is 4.79. The normalized spacial score (nSPS) is 14.0. The van der Waals surface area contributed by atoms with Gasteiger partial charge in [-0.2, -0.15) is 0 Å². The third-order valence-electron chi connectivity index (χ3n) is 3.38. The summed E-state index contributed by atoms with van der Waals surface area (Å²) in [6.45, 7) is 8.67.